The molecule has 0 spiro atoms. The lowest BCUT2D eigenvalue weighted by Gasteiger charge is -2.22. The van der Waals surface area contributed by atoms with E-state index in [0.29, 0.717) is 31.7 Å². The molecule has 1 atom stereocenters. The van der Waals surface area contributed by atoms with Crippen molar-refractivity contribution in [1.82, 2.24) is 10.2 Å². The summed E-state index contributed by atoms with van der Waals surface area (Å²) >= 11 is 16.8. The van der Waals surface area contributed by atoms with Crippen LogP contribution in [0.3, 0.4) is 0 Å². The zero-order chi connectivity index (χ0) is 20.3. The molecule has 144 valence electrons. The predicted molar refractivity (Wildman–Crippen MR) is 115 cm³/mol. The Balaban J connectivity index is 1.84. The lowest BCUT2D eigenvalue weighted by molar-refractivity contribution is 0.0970. The molecule has 0 saturated carbocycles. The number of aromatic nitrogens is 2. The average Bonchev–Trinajstić information content (AvgIpc) is 3.32. The van der Waals surface area contributed by atoms with Gasteiger partial charge < -0.3 is 4.42 Å². The number of nitrogens with zero attached hydrogens (tertiary/aromatic N) is 3. The van der Waals surface area contributed by atoms with Gasteiger partial charge in [-0.05, 0) is 35.9 Å². The van der Waals surface area contributed by atoms with Crippen LogP contribution in [0, 0.1) is 0 Å². The molecule has 1 unspecified atom stereocenters. The molecule has 0 radical (unpaired) electrons. The lowest BCUT2D eigenvalue weighted by Crippen LogP contribution is -2.29. The maximum Gasteiger partial charge on any atom is 0.297 e. The van der Waals surface area contributed by atoms with Crippen molar-refractivity contribution in [3.8, 4) is 0 Å². The van der Waals surface area contributed by atoms with Crippen molar-refractivity contribution >= 4 is 72.5 Å². The van der Waals surface area contributed by atoms with Crippen LogP contribution in [0.2, 0.25) is 10.0 Å². The second-order valence-electron chi connectivity index (χ2n) is 6.29. The molecule has 3 heterocycles. The van der Waals surface area contributed by atoms with Gasteiger partial charge in [0.2, 0.25) is 10.9 Å². The van der Waals surface area contributed by atoms with Crippen LogP contribution in [0.25, 0.3) is 11.0 Å². The van der Waals surface area contributed by atoms with Crippen LogP contribution in [0.1, 0.15) is 27.7 Å². The van der Waals surface area contributed by atoms with Gasteiger partial charge in [0.15, 0.2) is 5.43 Å². The van der Waals surface area contributed by atoms with E-state index < -0.39 is 11.9 Å². The number of fused-ring (bicyclic) bond motifs is 2. The first-order valence-corrected chi connectivity index (χ1v) is 10.7. The Morgan fingerprint density at radius 1 is 1.10 bits per heavy atom. The van der Waals surface area contributed by atoms with Crippen molar-refractivity contribution < 1.29 is 9.21 Å². The number of rotatable bonds is 2. The highest BCUT2D eigenvalue weighted by Crippen LogP contribution is 2.42. The van der Waals surface area contributed by atoms with Crippen LogP contribution in [0.5, 0.6) is 0 Å². The van der Waals surface area contributed by atoms with Gasteiger partial charge in [0.1, 0.15) is 11.1 Å². The summed E-state index contributed by atoms with van der Waals surface area (Å²) in [5, 5.41) is 9.26. The van der Waals surface area contributed by atoms with E-state index in [1.807, 2.05) is 0 Å². The van der Waals surface area contributed by atoms with Crippen molar-refractivity contribution in [3.05, 3.63) is 83.5 Å². The quantitative estimate of drug-likeness (QED) is 0.359. The predicted octanol–water partition coefficient (Wildman–Crippen LogP) is 5.46. The summed E-state index contributed by atoms with van der Waals surface area (Å²) in [5.74, 6) is -0.481. The standard InChI is InChI=1S/C19H8BrCl2N3O3S/c20-9-2-4-13-10(6-9)16(26)14-15(8-1-3-11(21)12(22)5-8)25(18(27)17(14)28-13)19-24-23-7-29-19/h1-7,15H. The van der Waals surface area contributed by atoms with E-state index in [0.717, 1.165) is 4.47 Å². The van der Waals surface area contributed by atoms with Crippen molar-refractivity contribution in [2.24, 2.45) is 0 Å². The summed E-state index contributed by atoms with van der Waals surface area (Å²) in [6.45, 7) is 0. The minimum Gasteiger partial charge on any atom is -0.450 e. The van der Waals surface area contributed by atoms with Crippen molar-refractivity contribution in [3.63, 3.8) is 0 Å². The Hall–Kier alpha value is -2.26. The maximum atomic E-state index is 13.4. The van der Waals surface area contributed by atoms with Crippen LogP contribution in [0.4, 0.5) is 5.13 Å². The summed E-state index contributed by atoms with van der Waals surface area (Å²) in [4.78, 5) is 28.1. The highest BCUT2D eigenvalue weighted by molar-refractivity contribution is 9.10. The Labute approximate surface area is 185 Å². The van der Waals surface area contributed by atoms with Gasteiger partial charge in [-0.2, -0.15) is 0 Å². The Bertz CT molecular complexity index is 1360. The van der Waals surface area contributed by atoms with Gasteiger partial charge in [0.25, 0.3) is 5.91 Å². The van der Waals surface area contributed by atoms with Crippen LogP contribution in [-0.4, -0.2) is 16.1 Å². The largest absolute Gasteiger partial charge is 0.450 e. The summed E-state index contributed by atoms with van der Waals surface area (Å²) in [7, 11) is 0. The average molecular weight is 509 g/mol. The van der Waals surface area contributed by atoms with Crippen molar-refractivity contribution in [2.45, 2.75) is 6.04 Å². The highest BCUT2D eigenvalue weighted by atomic mass is 79.9. The van der Waals surface area contributed by atoms with Gasteiger partial charge in [-0.15, -0.1) is 10.2 Å². The summed E-state index contributed by atoms with van der Waals surface area (Å²) in [6.07, 6.45) is 0. The molecule has 0 bridgehead atoms. The van der Waals surface area contributed by atoms with Crippen LogP contribution in [-0.2, 0) is 0 Å². The third-order valence-corrected chi connectivity index (χ3v) is 6.57. The molecule has 2 aromatic carbocycles. The molecular formula is C19H8BrCl2N3O3S. The fraction of sp³-hybridized carbons (Fsp3) is 0.0526. The monoisotopic (exact) mass is 507 g/mol. The summed E-state index contributed by atoms with van der Waals surface area (Å²) in [5.41, 5.74) is 2.40. The molecule has 0 fully saturated rings. The molecule has 1 amide bonds. The Morgan fingerprint density at radius 2 is 1.93 bits per heavy atom. The van der Waals surface area contributed by atoms with Crippen LogP contribution >= 0.6 is 50.5 Å². The molecular weight excluding hydrogens is 501 g/mol. The van der Waals surface area contributed by atoms with Gasteiger partial charge in [-0.25, -0.2) is 0 Å². The third-order valence-electron chi connectivity index (χ3n) is 4.65. The van der Waals surface area contributed by atoms with E-state index >= 15 is 0 Å². The minimum atomic E-state index is -0.764. The van der Waals surface area contributed by atoms with Crippen molar-refractivity contribution in [1.29, 1.82) is 0 Å². The number of anilines is 1. The van der Waals surface area contributed by atoms with E-state index in [4.69, 9.17) is 27.6 Å². The number of hydrogen-bond acceptors (Lipinski definition) is 6. The minimum absolute atomic E-state index is 0.0175. The topological polar surface area (TPSA) is 76.3 Å². The van der Waals surface area contributed by atoms with Gasteiger partial charge in [-0.1, -0.05) is 56.5 Å². The van der Waals surface area contributed by atoms with E-state index in [9.17, 15) is 9.59 Å². The van der Waals surface area contributed by atoms with Crippen LogP contribution in [0.15, 0.2) is 55.6 Å². The first-order valence-electron chi connectivity index (χ1n) is 8.26. The highest BCUT2D eigenvalue weighted by Gasteiger charge is 2.45. The van der Waals surface area contributed by atoms with E-state index in [2.05, 4.69) is 26.1 Å². The zero-order valence-electron chi connectivity index (χ0n) is 14.2. The molecule has 6 nitrogen and oxygen atoms in total. The van der Waals surface area contributed by atoms with E-state index in [1.165, 1.54) is 21.7 Å². The van der Waals surface area contributed by atoms with Gasteiger partial charge in [0, 0.05) is 4.47 Å². The number of hydrogen-bond donors (Lipinski definition) is 0. The number of carbonyl (C=O) groups excluding carboxylic acids is 1. The Kier molecular flexibility index (Phi) is 4.47. The number of halogens is 3. The number of benzene rings is 2. The molecule has 0 N–H and O–H groups in total. The van der Waals surface area contributed by atoms with Gasteiger partial charge >= 0.3 is 0 Å². The van der Waals surface area contributed by atoms with Gasteiger partial charge in [-0.3, -0.25) is 14.5 Å². The number of amides is 1. The molecule has 0 saturated heterocycles. The third kappa shape index (κ3) is 2.90. The summed E-state index contributed by atoms with van der Waals surface area (Å²) in [6, 6.07) is 9.28. The molecule has 1 aliphatic heterocycles. The molecule has 1 aliphatic rings. The molecule has 10 heteroatoms. The maximum absolute atomic E-state index is 13.4. The van der Waals surface area contributed by atoms with E-state index in [-0.39, 0.29) is 16.8 Å². The van der Waals surface area contributed by atoms with Crippen LogP contribution < -0.4 is 10.3 Å². The normalized spacial score (nSPS) is 15.9. The SMILES string of the molecule is O=C1c2oc3ccc(Br)cc3c(=O)c2C(c2ccc(Cl)c(Cl)c2)N1c1nncs1. The molecule has 0 aliphatic carbocycles. The lowest BCUT2D eigenvalue weighted by atomic mass is 9.99. The van der Waals surface area contributed by atoms with E-state index in [1.54, 1.807) is 36.4 Å². The first kappa shape index (κ1) is 18.7. The second-order valence-corrected chi connectivity index (χ2v) is 8.83. The van der Waals surface area contributed by atoms with Crippen molar-refractivity contribution in [2.75, 3.05) is 4.90 Å². The molecule has 4 aromatic rings. The molecule has 2 aromatic heterocycles. The number of carbonyl (C=O) groups is 1. The zero-order valence-corrected chi connectivity index (χ0v) is 18.1. The van der Waals surface area contributed by atoms with Gasteiger partial charge in [0.05, 0.1) is 27.0 Å². The molecule has 29 heavy (non-hydrogen) atoms. The Morgan fingerprint density at radius 3 is 2.66 bits per heavy atom. The molecule has 5 rings (SSSR count). The summed E-state index contributed by atoms with van der Waals surface area (Å²) < 4.78 is 6.60. The smallest absolute Gasteiger partial charge is 0.297 e. The fourth-order valence-corrected chi connectivity index (χ4v) is 4.66. The fourth-order valence-electron chi connectivity index (χ4n) is 3.41. The second kappa shape index (κ2) is 6.91. The first-order chi connectivity index (χ1) is 14.0.